The van der Waals surface area contributed by atoms with Gasteiger partial charge in [0.15, 0.2) is 0 Å². The molecule has 1 heterocycles. The van der Waals surface area contributed by atoms with Gasteiger partial charge in [0.25, 0.3) is 11.8 Å². The molecular weight excluding hydrogens is 366 g/mol. The summed E-state index contributed by atoms with van der Waals surface area (Å²) < 4.78 is 0. The summed E-state index contributed by atoms with van der Waals surface area (Å²) in [6.07, 6.45) is 0.0684. The maximum Gasteiger partial charge on any atom is 0.261 e. The summed E-state index contributed by atoms with van der Waals surface area (Å²) in [6, 6.07) is 14.3. The van der Waals surface area contributed by atoms with Gasteiger partial charge in [-0.2, -0.15) is 5.26 Å². The molecule has 0 aromatic heterocycles. The van der Waals surface area contributed by atoms with Gasteiger partial charge in [0, 0.05) is 25.6 Å². The summed E-state index contributed by atoms with van der Waals surface area (Å²) in [7, 11) is 0. The number of imide groups is 1. The van der Waals surface area contributed by atoms with Gasteiger partial charge in [-0.3, -0.25) is 19.3 Å². The minimum atomic E-state index is -0.346. The third-order valence-corrected chi connectivity index (χ3v) is 5.06. The maximum absolute atomic E-state index is 12.8. The molecule has 29 heavy (non-hydrogen) atoms. The van der Waals surface area contributed by atoms with Crippen LogP contribution in [-0.4, -0.2) is 40.1 Å². The smallest absolute Gasteiger partial charge is 0.261 e. The van der Waals surface area contributed by atoms with Crippen molar-refractivity contribution in [1.82, 2.24) is 9.80 Å². The summed E-state index contributed by atoms with van der Waals surface area (Å²) in [4.78, 5) is 40.8. The van der Waals surface area contributed by atoms with Crippen LogP contribution < -0.4 is 0 Å². The van der Waals surface area contributed by atoms with E-state index < -0.39 is 0 Å². The Kier molecular flexibility index (Phi) is 5.79. The fraction of sp³-hybridized carbons (Fsp3) is 0.304. The van der Waals surface area contributed by atoms with Crippen molar-refractivity contribution in [3.05, 3.63) is 70.3 Å². The van der Waals surface area contributed by atoms with E-state index in [0.717, 1.165) is 16.0 Å². The van der Waals surface area contributed by atoms with E-state index in [0.29, 0.717) is 23.2 Å². The summed E-state index contributed by atoms with van der Waals surface area (Å²) >= 11 is 0. The molecule has 0 fully saturated rings. The monoisotopic (exact) mass is 389 g/mol. The molecule has 3 rings (SSSR count). The van der Waals surface area contributed by atoms with Crippen LogP contribution in [0.15, 0.2) is 42.5 Å². The average Bonchev–Trinajstić information content (AvgIpc) is 2.94. The SMILES string of the molecule is Cc1ccc2c(c1)C(=O)N(CCC(=O)N(Cc1ccc(C#N)cc1)C(C)C)C2=O. The third-order valence-electron chi connectivity index (χ3n) is 5.06. The van der Waals surface area contributed by atoms with Crippen LogP contribution in [0.25, 0.3) is 0 Å². The van der Waals surface area contributed by atoms with E-state index in [-0.39, 0.29) is 36.7 Å². The van der Waals surface area contributed by atoms with Crippen LogP contribution in [0.4, 0.5) is 0 Å². The van der Waals surface area contributed by atoms with E-state index in [1.165, 1.54) is 0 Å². The predicted molar refractivity (Wildman–Crippen MR) is 108 cm³/mol. The highest BCUT2D eigenvalue weighted by Crippen LogP contribution is 2.24. The van der Waals surface area contributed by atoms with E-state index in [1.807, 2.05) is 32.9 Å². The van der Waals surface area contributed by atoms with Gasteiger partial charge in [-0.15, -0.1) is 0 Å². The number of rotatable bonds is 6. The van der Waals surface area contributed by atoms with Gasteiger partial charge in [0.2, 0.25) is 5.91 Å². The molecule has 148 valence electrons. The van der Waals surface area contributed by atoms with Crippen LogP contribution in [0.1, 0.15) is 57.7 Å². The number of fused-ring (bicyclic) bond motifs is 1. The van der Waals surface area contributed by atoms with Gasteiger partial charge in [-0.25, -0.2) is 0 Å². The van der Waals surface area contributed by atoms with Crippen molar-refractivity contribution in [2.45, 2.75) is 39.8 Å². The minimum absolute atomic E-state index is 0.0389. The summed E-state index contributed by atoms with van der Waals surface area (Å²) in [5.74, 6) is -0.817. The maximum atomic E-state index is 12.8. The van der Waals surface area contributed by atoms with Crippen molar-refractivity contribution >= 4 is 17.7 Å². The zero-order chi connectivity index (χ0) is 21.1. The molecule has 0 saturated carbocycles. The average molecular weight is 389 g/mol. The highest BCUT2D eigenvalue weighted by molar-refractivity contribution is 6.21. The second kappa shape index (κ2) is 8.27. The first-order chi connectivity index (χ1) is 13.8. The lowest BCUT2D eigenvalue weighted by molar-refractivity contribution is -0.133. The van der Waals surface area contributed by atoms with E-state index in [9.17, 15) is 14.4 Å². The molecule has 0 aliphatic carbocycles. The van der Waals surface area contributed by atoms with Crippen molar-refractivity contribution in [2.24, 2.45) is 0 Å². The second-order valence-electron chi connectivity index (χ2n) is 7.49. The third kappa shape index (κ3) is 4.19. The molecule has 0 radical (unpaired) electrons. The molecule has 1 aliphatic rings. The van der Waals surface area contributed by atoms with E-state index in [1.54, 1.807) is 35.2 Å². The number of hydrogen-bond donors (Lipinski definition) is 0. The van der Waals surface area contributed by atoms with Gasteiger partial charge in [0.05, 0.1) is 22.8 Å². The molecule has 0 saturated heterocycles. The predicted octanol–water partition coefficient (Wildman–Crippen LogP) is 3.29. The van der Waals surface area contributed by atoms with Crippen LogP contribution in [-0.2, 0) is 11.3 Å². The number of nitriles is 1. The number of amides is 3. The highest BCUT2D eigenvalue weighted by atomic mass is 16.2. The Bertz CT molecular complexity index is 1000. The van der Waals surface area contributed by atoms with Crippen LogP contribution in [0, 0.1) is 18.3 Å². The second-order valence-corrected chi connectivity index (χ2v) is 7.49. The first-order valence-electron chi connectivity index (χ1n) is 9.57. The molecule has 1 aliphatic heterocycles. The topological polar surface area (TPSA) is 81.5 Å². The summed E-state index contributed by atoms with van der Waals surface area (Å²) in [5.41, 5.74) is 3.20. The molecule has 6 heteroatoms. The number of hydrogen-bond acceptors (Lipinski definition) is 4. The zero-order valence-electron chi connectivity index (χ0n) is 16.8. The van der Waals surface area contributed by atoms with Crippen molar-refractivity contribution in [2.75, 3.05) is 6.54 Å². The molecule has 2 aromatic carbocycles. The molecule has 0 spiro atoms. The van der Waals surface area contributed by atoms with Gasteiger partial charge in [-0.1, -0.05) is 23.8 Å². The molecule has 2 aromatic rings. The quantitative estimate of drug-likeness (QED) is 0.710. The largest absolute Gasteiger partial charge is 0.336 e. The van der Waals surface area contributed by atoms with E-state index in [2.05, 4.69) is 6.07 Å². The van der Waals surface area contributed by atoms with Crippen molar-refractivity contribution in [3.8, 4) is 6.07 Å². The number of nitrogens with zero attached hydrogens (tertiary/aromatic N) is 3. The Morgan fingerprint density at radius 3 is 2.34 bits per heavy atom. The zero-order valence-corrected chi connectivity index (χ0v) is 16.8. The fourth-order valence-electron chi connectivity index (χ4n) is 3.40. The van der Waals surface area contributed by atoms with Gasteiger partial charge in [0.1, 0.15) is 0 Å². The molecule has 0 N–H and O–H groups in total. The molecule has 3 amide bonds. The van der Waals surface area contributed by atoms with Crippen LogP contribution >= 0.6 is 0 Å². The number of carbonyl (C=O) groups excluding carboxylic acids is 3. The number of carbonyl (C=O) groups is 3. The van der Waals surface area contributed by atoms with Crippen molar-refractivity contribution in [1.29, 1.82) is 5.26 Å². The Hall–Kier alpha value is -3.46. The molecular formula is C23H23N3O3. The fourth-order valence-corrected chi connectivity index (χ4v) is 3.40. The molecule has 0 atom stereocenters. The standard InChI is InChI=1S/C23H23N3O3/c1-15(2)26(14-18-7-5-17(13-24)6-8-18)21(27)10-11-25-22(28)19-9-4-16(3)12-20(19)23(25)29/h4-9,12,15H,10-11,14H2,1-3H3. The molecule has 0 unspecified atom stereocenters. The Morgan fingerprint density at radius 2 is 1.72 bits per heavy atom. The van der Waals surface area contributed by atoms with Crippen molar-refractivity contribution in [3.63, 3.8) is 0 Å². The Balaban J connectivity index is 1.67. The van der Waals surface area contributed by atoms with Gasteiger partial charge >= 0.3 is 0 Å². The minimum Gasteiger partial charge on any atom is -0.336 e. The molecule has 0 bridgehead atoms. The first kappa shape index (κ1) is 20.3. The summed E-state index contributed by atoms with van der Waals surface area (Å²) in [5, 5.41) is 8.91. The molecule has 6 nitrogen and oxygen atoms in total. The van der Waals surface area contributed by atoms with E-state index >= 15 is 0 Å². The Labute approximate surface area is 170 Å². The highest BCUT2D eigenvalue weighted by Gasteiger charge is 2.35. The summed E-state index contributed by atoms with van der Waals surface area (Å²) in [6.45, 7) is 6.18. The number of benzene rings is 2. The van der Waals surface area contributed by atoms with Crippen LogP contribution in [0.2, 0.25) is 0 Å². The lowest BCUT2D eigenvalue weighted by atomic mass is 10.1. The van der Waals surface area contributed by atoms with Gasteiger partial charge < -0.3 is 4.90 Å². The van der Waals surface area contributed by atoms with E-state index in [4.69, 9.17) is 5.26 Å². The lowest BCUT2D eigenvalue weighted by Crippen LogP contribution is -2.39. The lowest BCUT2D eigenvalue weighted by Gasteiger charge is -2.27. The van der Waals surface area contributed by atoms with Crippen molar-refractivity contribution < 1.29 is 14.4 Å². The van der Waals surface area contributed by atoms with Crippen LogP contribution in [0.3, 0.4) is 0 Å². The first-order valence-corrected chi connectivity index (χ1v) is 9.57. The van der Waals surface area contributed by atoms with Gasteiger partial charge in [-0.05, 0) is 50.6 Å². The van der Waals surface area contributed by atoms with Crippen LogP contribution in [0.5, 0.6) is 0 Å². The Morgan fingerprint density at radius 1 is 1.07 bits per heavy atom. The number of aryl methyl sites for hydroxylation is 1. The normalized spacial score (nSPS) is 12.9.